The van der Waals surface area contributed by atoms with E-state index >= 15 is 0 Å². The molecule has 0 aliphatic rings. The molecule has 0 fully saturated rings. The van der Waals surface area contributed by atoms with E-state index in [0.29, 0.717) is 29.4 Å². The van der Waals surface area contributed by atoms with Gasteiger partial charge >= 0.3 is 0 Å². The number of aryl methyl sites for hydroxylation is 2. The van der Waals surface area contributed by atoms with E-state index in [2.05, 4.69) is 5.32 Å². The van der Waals surface area contributed by atoms with Gasteiger partial charge in [-0.2, -0.15) is 0 Å². The van der Waals surface area contributed by atoms with Crippen LogP contribution in [0.1, 0.15) is 30.5 Å². The molecule has 4 rings (SSSR count). The number of fused-ring (bicyclic) bond motifs is 1. The minimum Gasteiger partial charge on any atom is -0.497 e. The Morgan fingerprint density at radius 1 is 0.972 bits per heavy atom. The molecule has 36 heavy (non-hydrogen) atoms. The predicted molar refractivity (Wildman–Crippen MR) is 144 cm³/mol. The number of hydrogen-bond donors (Lipinski definition) is 1. The monoisotopic (exact) mass is 485 g/mol. The lowest BCUT2D eigenvalue weighted by atomic mass is 9.98. The molecule has 0 unspecified atom stereocenters. The number of rotatable bonds is 8. The average Bonchev–Trinajstić information content (AvgIpc) is 3.27. The summed E-state index contributed by atoms with van der Waals surface area (Å²) in [6.07, 6.45) is 3.29. The van der Waals surface area contributed by atoms with Crippen molar-refractivity contribution in [3.8, 4) is 28.4 Å². The first-order valence-corrected chi connectivity index (χ1v) is 11.8. The Bertz CT molecular complexity index is 1450. The van der Waals surface area contributed by atoms with Gasteiger partial charge in [-0.1, -0.05) is 17.7 Å². The first-order chi connectivity index (χ1) is 17.3. The first-order valence-electron chi connectivity index (χ1n) is 11.8. The number of carbonyl (C=O) groups excluding carboxylic acids is 1. The van der Waals surface area contributed by atoms with Gasteiger partial charge in [0.2, 0.25) is 5.91 Å². The molecule has 0 aliphatic carbocycles. The summed E-state index contributed by atoms with van der Waals surface area (Å²) in [7, 11) is 3.26. The van der Waals surface area contributed by atoms with Crippen LogP contribution < -0.4 is 19.5 Å². The van der Waals surface area contributed by atoms with E-state index in [-0.39, 0.29) is 5.91 Å². The molecular formula is C30H31NO5. The van der Waals surface area contributed by atoms with Crippen LogP contribution in [0.5, 0.6) is 17.2 Å². The molecule has 0 saturated heterocycles. The van der Waals surface area contributed by atoms with Crippen molar-refractivity contribution < 1.29 is 23.4 Å². The summed E-state index contributed by atoms with van der Waals surface area (Å²) in [5, 5.41) is 3.86. The molecule has 4 aromatic rings. The van der Waals surface area contributed by atoms with Crippen LogP contribution in [0.25, 0.3) is 27.7 Å². The average molecular weight is 486 g/mol. The molecule has 0 bridgehead atoms. The Kier molecular flexibility index (Phi) is 7.34. The fraction of sp³-hybridized carbons (Fsp3) is 0.233. The number of ether oxygens (including phenoxy) is 3. The SMILES string of the molecule is CCOc1cc2occ(-c3cc(OC)ccc3OC)c2cc1/C(C)=C/C(=O)Nc1ccc(C)cc1C. The number of methoxy groups -OCH3 is 2. The summed E-state index contributed by atoms with van der Waals surface area (Å²) in [4.78, 5) is 12.9. The van der Waals surface area contributed by atoms with E-state index in [1.165, 1.54) is 0 Å². The molecule has 6 nitrogen and oxygen atoms in total. The number of amides is 1. The summed E-state index contributed by atoms with van der Waals surface area (Å²) in [6, 6.07) is 15.4. The van der Waals surface area contributed by atoms with Gasteiger partial charge in [0.25, 0.3) is 0 Å². The molecule has 1 amide bonds. The quantitative estimate of drug-likeness (QED) is 0.268. The van der Waals surface area contributed by atoms with Gasteiger partial charge in [0.1, 0.15) is 22.8 Å². The molecule has 3 aromatic carbocycles. The van der Waals surface area contributed by atoms with Gasteiger partial charge in [0, 0.05) is 39.9 Å². The zero-order valence-electron chi connectivity index (χ0n) is 21.5. The molecule has 6 heteroatoms. The highest BCUT2D eigenvalue weighted by Gasteiger charge is 2.18. The van der Waals surface area contributed by atoms with E-state index in [4.69, 9.17) is 18.6 Å². The molecule has 1 aromatic heterocycles. The molecule has 1 heterocycles. The minimum atomic E-state index is -0.205. The van der Waals surface area contributed by atoms with Gasteiger partial charge in [-0.15, -0.1) is 0 Å². The van der Waals surface area contributed by atoms with Crippen LogP contribution in [0.15, 0.2) is 65.3 Å². The second-order valence-corrected chi connectivity index (χ2v) is 8.63. The Morgan fingerprint density at radius 2 is 1.78 bits per heavy atom. The molecule has 0 atom stereocenters. The first kappa shape index (κ1) is 24.9. The van der Waals surface area contributed by atoms with Gasteiger partial charge in [0.05, 0.1) is 27.1 Å². The number of furan rings is 1. The maximum atomic E-state index is 12.9. The highest BCUT2D eigenvalue weighted by molar-refractivity contribution is 6.06. The van der Waals surface area contributed by atoms with Crippen molar-refractivity contribution in [3.63, 3.8) is 0 Å². The van der Waals surface area contributed by atoms with Gasteiger partial charge in [0.15, 0.2) is 0 Å². The van der Waals surface area contributed by atoms with Crippen LogP contribution in [0.4, 0.5) is 5.69 Å². The molecule has 0 aliphatic heterocycles. The van der Waals surface area contributed by atoms with E-state index in [0.717, 1.165) is 44.5 Å². The molecule has 0 saturated carbocycles. The summed E-state index contributed by atoms with van der Waals surface area (Å²) >= 11 is 0. The molecular weight excluding hydrogens is 454 g/mol. The summed E-state index contributed by atoms with van der Waals surface area (Å²) in [6.45, 7) is 8.32. The molecule has 0 spiro atoms. The fourth-order valence-electron chi connectivity index (χ4n) is 4.27. The van der Waals surface area contributed by atoms with Crippen molar-refractivity contribution in [2.45, 2.75) is 27.7 Å². The number of hydrogen-bond acceptors (Lipinski definition) is 5. The maximum absolute atomic E-state index is 12.9. The van der Waals surface area contributed by atoms with Crippen molar-refractivity contribution in [1.29, 1.82) is 0 Å². The van der Waals surface area contributed by atoms with Gasteiger partial charge in [-0.25, -0.2) is 0 Å². The van der Waals surface area contributed by atoms with Crippen molar-refractivity contribution >= 4 is 28.1 Å². The van der Waals surface area contributed by atoms with Gasteiger partial charge in [-0.05, 0) is 69.2 Å². The summed E-state index contributed by atoms with van der Waals surface area (Å²) in [5.41, 5.74) is 6.91. The predicted octanol–water partition coefficient (Wildman–Crippen LogP) is 7.17. The van der Waals surface area contributed by atoms with Crippen LogP contribution in [0, 0.1) is 13.8 Å². The third-order valence-corrected chi connectivity index (χ3v) is 6.08. The van der Waals surface area contributed by atoms with E-state index < -0.39 is 0 Å². The van der Waals surface area contributed by atoms with Crippen molar-refractivity contribution in [2.24, 2.45) is 0 Å². The number of nitrogens with one attached hydrogen (secondary N) is 1. The molecule has 1 N–H and O–H groups in total. The Labute approximate surface area is 211 Å². The Balaban J connectivity index is 1.77. The number of carbonyl (C=O) groups is 1. The van der Waals surface area contributed by atoms with E-state index in [1.807, 2.05) is 76.2 Å². The van der Waals surface area contributed by atoms with Crippen LogP contribution >= 0.6 is 0 Å². The van der Waals surface area contributed by atoms with Crippen LogP contribution in [0.2, 0.25) is 0 Å². The fourth-order valence-corrected chi connectivity index (χ4v) is 4.27. The maximum Gasteiger partial charge on any atom is 0.248 e. The standard InChI is InChI=1S/C30H31NO5/c1-7-35-28-16-29-24(25(17-36-29)23-14-21(33-5)9-11-27(23)34-6)15-22(28)19(3)13-30(32)31-26-10-8-18(2)12-20(26)4/h8-17H,7H2,1-6H3,(H,31,32)/b19-13+. The largest absolute Gasteiger partial charge is 0.497 e. The zero-order valence-corrected chi connectivity index (χ0v) is 21.5. The third-order valence-electron chi connectivity index (χ3n) is 6.08. The highest BCUT2D eigenvalue weighted by Crippen LogP contribution is 2.41. The van der Waals surface area contributed by atoms with Crippen LogP contribution in [-0.4, -0.2) is 26.7 Å². The second kappa shape index (κ2) is 10.6. The highest BCUT2D eigenvalue weighted by atomic mass is 16.5. The topological polar surface area (TPSA) is 69.9 Å². The lowest BCUT2D eigenvalue weighted by Crippen LogP contribution is -2.10. The number of benzene rings is 3. The van der Waals surface area contributed by atoms with Crippen molar-refractivity contribution in [2.75, 3.05) is 26.1 Å². The Hall–Kier alpha value is -4.19. The van der Waals surface area contributed by atoms with Crippen molar-refractivity contribution in [1.82, 2.24) is 0 Å². The number of anilines is 1. The van der Waals surface area contributed by atoms with E-state index in [1.54, 1.807) is 26.6 Å². The lowest BCUT2D eigenvalue weighted by molar-refractivity contribution is -0.111. The molecule has 0 radical (unpaired) electrons. The minimum absolute atomic E-state index is 0.205. The lowest BCUT2D eigenvalue weighted by Gasteiger charge is -2.13. The van der Waals surface area contributed by atoms with Gasteiger partial charge < -0.3 is 23.9 Å². The number of allylic oxidation sites excluding steroid dienone is 1. The van der Waals surface area contributed by atoms with Crippen LogP contribution in [-0.2, 0) is 4.79 Å². The smallest absolute Gasteiger partial charge is 0.248 e. The normalized spacial score (nSPS) is 11.4. The summed E-state index contributed by atoms with van der Waals surface area (Å²) < 4.78 is 22.8. The van der Waals surface area contributed by atoms with E-state index in [9.17, 15) is 4.79 Å². The zero-order chi connectivity index (χ0) is 25.8. The third kappa shape index (κ3) is 5.08. The second-order valence-electron chi connectivity index (χ2n) is 8.63. The molecule has 186 valence electrons. The van der Waals surface area contributed by atoms with Crippen molar-refractivity contribution in [3.05, 3.63) is 77.6 Å². The Morgan fingerprint density at radius 3 is 2.47 bits per heavy atom. The van der Waals surface area contributed by atoms with Gasteiger partial charge in [-0.3, -0.25) is 4.79 Å². The summed E-state index contributed by atoms with van der Waals surface area (Å²) in [5.74, 6) is 1.86. The van der Waals surface area contributed by atoms with Crippen LogP contribution in [0.3, 0.4) is 0 Å².